The molecule has 2 heterocycles. The quantitative estimate of drug-likeness (QED) is 0.233. The van der Waals surface area contributed by atoms with E-state index in [0.29, 0.717) is 5.75 Å². The first-order valence-electron chi connectivity index (χ1n) is 11.5. The summed E-state index contributed by atoms with van der Waals surface area (Å²) in [5.74, 6) is -1.02. The molecule has 1 saturated heterocycles. The molecule has 1 fully saturated rings. The van der Waals surface area contributed by atoms with E-state index in [9.17, 15) is 24.6 Å². The second-order valence-corrected chi connectivity index (χ2v) is 11.2. The third kappa shape index (κ3) is 6.61. The molecule has 12 heteroatoms. The molecule has 198 valence electrons. The van der Waals surface area contributed by atoms with Crippen molar-refractivity contribution in [2.45, 2.75) is 70.3 Å². The minimum absolute atomic E-state index is 0.290. The highest BCUT2D eigenvalue weighted by Crippen LogP contribution is 2.46. The molecule has 3 rings (SSSR count). The Bertz CT molecular complexity index is 1040. The lowest BCUT2D eigenvalue weighted by atomic mass is 9.95. The van der Waals surface area contributed by atoms with Crippen LogP contribution in [0.1, 0.15) is 34.1 Å². The lowest BCUT2D eigenvalue weighted by Gasteiger charge is -2.34. The van der Waals surface area contributed by atoms with Gasteiger partial charge in [-0.3, -0.25) is 19.3 Å². The van der Waals surface area contributed by atoms with E-state index in [1.165, 1.54) is 19.2 Å². The molecular weight excluding hydrogens is 491 g/mol. The number of para-hydroxylation sites is 1. The van der Waals surface area contributed by atoms with E-state index in [1.54, 1.807) is 45.0 Å². The van der Waals surface area contributed by atoms with Gasteiger partial charge in [-0.2, -0.15) is 0 Å². The summed E-state index contributed by atoms with van der Waals surface area (Å²) in [6, 6.07) is 7.88. The molecule has 0 radical (unpaired) electrons. The predicted octanol–water partition coefficient (Wildman–Crippen LogP) is 1.36. The molecule has 3 N–H and O–H groups in total. The molecule has 1 aromatic rings. The van der Waals surface area contributed by atoms with Crippen LogP contribution in [0.3, 0.4) is 0 Å². The molecule has 0 saturated carbocycles. The molecule has 36 heavy (non-hydrogen) atoms. The monoisotopic (exact) mass is 524 g/mol. The Labute approximate surface area is 210 Å². The molecule has 0 aliphatic carbocycles. The minimum atomic E-state index is -3.25. The zero-order chi connectivity index (χ0) is 26.7. The summed E-state index contributed by atoms with van der Waals surface area (Å²) in [7, 11) is -3.25. The number of ether oxygens (including phenoxy) is 2. The molecule has 0 aromatic heterocycles. The maximum absolute atomic E-state index is 12.4. The van der Waals surface area contributed by atoms with Gasteiger partial charge in [0, 0.05) is 6.20 Å². The number of allylic oxidation sites excluding steroid dienone is 1. The minimum Gasteiger partial charge on any atom is -0.462 e. The van der Waals surface area contributed by atoms with Crippen LogP contribution in [-0.2, 0) is 28.4 Å². The average Bonchev–Trinajstić information content (AvgIpc) is 3.01. The summed E-state index contributed by atoms with van der Waals surface area (Å²) in [4.78, 5) is 37.3. The molecule has 2 aliphatic heterocycles. The smallest absolute Gasteiger partial charge is 0.323 e. The Morgan fingerprint density at radius 2 is 1.97 bits per heavy atom. The molecule has 0 bridgehead atoms. The number of aliphatic hydroxyl groups is 2. The Hall–Kier alpha value is -2.53. The van der Waals surface area contributed by atoms with Crippen LogP contribution in [0.5, 0.6) is 5.75 Å². The summed E-state index contributed by atoms with van der Waals surface area (Å²) in [5.41, 5.74) is -1.86. The standard InChI is InChI=1S/C24H33N2O9P/c1-15(2)33-22(30)16(3)25-36(5,35-18-9-7-6-8-10-18)32-14-19-21(29)24(4,31)23(34-19)26-12-11-17(27)13-20(26)28/h6-12,15-16,19,21,23,25,29,31H,5,13-14H2,1-4H3/t16-,19+,21+,23+,24+,36+/m0/s1. The molecule has 1 aromatic carbocycles. The first-order valence-corrected chi connectivity index (χ1v) is 13.3. The highest BCUT2D eigenvalue weighted by atomic mass is 31.2. The van der Waals surface area contributed by atoms with E-state index in [1.807, 2.05) is 6.07 Å². The Kier molecular flexibility index (Phi) is 8.76. The fourth-order valence-corrected chi connectivity index (χ4v) is 5.48. The van der Waals surface area contributed by atoms with Crippen LogP contribution >= 0.6 is 7.49 Å². The molecule has 6 atom stereocenters. The van der Waals surface area contributed by atoms with Crippen LogP contribution in [0.4, 0.5) is 0 Å². The van der Waals surface area contributed by atoms with Gasteiger partial charge in [-0.05, 0) is 52.2 Å². The van der Waals surface area contributed by atoms with Gasteiger partial charge in [0.15, 0.2) is 12.0 Å². The van der Waals surface area contributed by atoms with Crippen molar-refractivity contribution < 1.29 is 43.1 Å². The number of nitrogens with zero attached hydrogens (tertiary/aromatic N) is 1. The summed E-state index contributed by atoms with van der Waals surface area (Å²) in [6.45, 7) is 6.08. The van der Waals surface area contributed by atoms with Crippen molar-refractivity contribution in [3.05, 3.63) is 42.6 Å². The van der Waals surface area contributed by atoms with E-state index in [2.05, 4.69) is 11.4 Å². The van der Waals surface area contributed by atoms with Crippen molar-refractivity contribution in [1.82, 2.24) is 9.99 Å². The van der Waals surface area contributed by atoms with Crippen molar-refractivity contribution in [3.8, 4) is 5.75 Å². The molecule has 2 aliphatic rings. The summed E-state index contributed by atoms with van der Waals surface area (Å²) in [5, 5.41) is 24.7. The van der Waals surface area contributed by atoms with Gasteiger partial charge in [-0.1, -0.05) is 18.2 Å². The summed E-state index contributed by atoms with van der Waals surface area (Å²) >= 11 is 0. The van der Waals surface area contributed by atoms with E-state index in [0.717, 1.165) is 4.90 Å². The zero-order valence-corrected chi connectivity index (χ0v) is 21.6. The van der Waals surface area contributed by atoms with Crippen molar-refractivity contribution in [1.29, 1.82) is 0 Å². The highest BCUT2D eigenvalue weighted by molar-refractivity contribution is 7.62. The second-order valence-electron chi connectivity index (χ2n) is 9.17. The van der Waals surface area contributed by atoms with Crippen LogP contribution < -0.4 is 9.61 Å². The third-order valence-corrected chi connectivity index (χ3v) is 7.43. The maximum atomic E-state index is 12.4. The molecule has 0 unspecified atom stereocenters. The Morgan fingerprint density at radius 1 is 1.31 bits per heavy atom. The first kappa shape index (κ1) is 28.0. The van der Waals surface area contributed by atoms with Gasteiger partial charge in [0.25, 0.3) is 0 Å². The van der Waals surface area contributed by atoms with E-state index < -0.39 is 49.4 Å². The number of ketones is 1. The first-order chi connectivity index (χ1) is 16.8. The number of benzene rings is 1. The number of carbonyl (C=O) groups excluding carboxylic acids is 3. The van der Waals surface area contributed by atoms with Crippen molar-refractivity contribution in [2.24, 2.45) is 0 Å². The van der Waals surface area contributed by atoms with Gasteiger partial charge < -0.3 is 28.7 Å². The number of rotatable bonds is 10. The van der Waals surface area contributed by atoms with Crippen molar-refractivity contribution >= 4 is 31.4 Å². The number of aliphatic hydroxyl groups excluding tert-OH is 1. The topological polar surface area (TPSA) is 144 Å². The normalized spacial score (nSPS) is 28.8. The number of hydrogen-bond acceptors (Lipinski definition) is 10. The SMILES string of the molecule is C=[P@@](N[C@@H](C)C(=O)OC(C)C)(OC[C@H]1O[C@@H](N2C=CC(=O)CC2=O)[C@](C)(O)[C@@H]1O)Oc1ccccc1. The van der Waals surface area contributed by atoms with Crippen molar-refractivity contribution in [3.63, 3.8) is 0 Å². The number of nitrogens with one attached hydrogen (secondary N) is 1. The van der Waals surface area contributed by atoms with Gasteiger partial charge in [0.05, 0.1) is 19.1 Å². The predicted molar refractivity (Wildman–Crippen MR) is 132 cm³/mol. The molecular formula is C24H33N2O9P. The van der Waals surface area contributed by atoms with E-state index in [-0.39, 0.29) is 24.9 Å². The lowest BCUT2D eigenvalue weighted by molar-refractivity contribution is -0.158. The average molecular weight is 525 g/mol. The lowest BCUT2D eigenvalue weighted by Crippen LogP contribution is -2.54. The summed E-state index contributed by atoms with van der Waals surface area (Å²) < 4.78 is 23.0. The van der Waals surface area contributed by atoms with Gasteiger partial charge in [0.1, 0.15) is 29.6 Å². The highest BCUT2D eigenvalue weighted by Gasteiger charge is 2.55. The Balaban J connectivity index is 1.76. The van der Waals surface area contributed by atoms with E-state index in [4.69, 9.17) is 18.5 Å². The molecule has 0 spiro atoms. The van der Waals surface area contributed by atoms with Gasteiger partial charge in [-0.25, -0.2) is 5.09 Å². The second kappa shape index (κ2) is 11.2. The van der Waals surface area contributed by atoms with Crippen LogP contribution in [-0.4, -0.2) is 81.9 Å². The zero-order valence-electron chi connectivity index (χ0n) is 20.7. The van der Waals surface area contributed by atoms with Crippen molar-refractivity contribution in [2.75, 3.05) is 6.61 Å². The molecule has 11 nitrogen and oxygen atoms in total. The Morgan fingerprint density at radius 3 is 2.58 bits per heavy atom. The van der Waals surface area contributed by atoms with Crippen LogP contribution in [0.15, 0.2) is 42.6 Å². The summed E-state index contributed by atoms with van der Waals surface area (Å²) in [6.07, 6.45) is 2.02. The van der Waals surface area contributed by atoms with Crippen LogP contribution in [0, 0.1) is 0 Å². The number of esters is 1. The third-order valence-electron chi connectivity index (χ3n) is 5.58. The molecule has 1 amide bonds. The largest absolute Gasteiger partial charge is 0.462 e. The van der Waals surface area contributed by atoms with E-state index >= 15 is 0 Å². The van der Waals surface area contributed by atoms with Gasteiger partial charge in [-0.15, -0.1) is 0 Å². The fourth-order valence-electron chi connectivity index (χ4n) is 3.75. The van der Waals surface area contributed by atoms with Crippen LogP contribution in [0.2, 0.25) is 0 Å². The number of carbonyl (C=O) groups is 3. The number of hydrogen-bond donors (Lipinski definition) is 3. The van der Waals surface area contributed by atoms with Gasteiger partial charge in [0.2, 0.25) is 13.4 Å². The van der Waals surface area contributed by atoms with Gasteiger partial charge >= 0.3 is 5.97 Å². The maximum Gasteiger partial charge on any atom is 0.323 e. The fraction of sp³-hybridized carbons (Fsp3) is 0.500. The number of amides is 1. The van der Waals surface area contributed by atoms with Crippen LogP contribution in [0.25, 0.3) is 0 Å².